The lowest BCUT2D eigenvalue weighted by Gasteiger charge is -2.23. The standard InChI is InChI=1S/C23H24N6OS/c1-30-17-12-15(13-24-14-17)18-10-11-19-22(26-18)31-23(27-19)29-21-9-5-8-20(28-21)25-16-6-3-2-4-7-16/h5,8-14,16H,2-4,6-7H2,1H3,(H2,25,27,28,29). The minimum Gasteiger partial charge on any atom is -0.495 e. The van der Waals surface area contributed by atoms with Crippen molar-refractivity contribution in [2.75, 3.05) is 17.7 Å². The van der Waals surface area contributed by atoms with Crippen LogP contribution in [0.15, 0.2) is 48.8 Å². The molecule has 0 amide bonds. The summed E-state index contributed by atoms with van der Waals surface area (Å²) in [5.41, 5.74) is 2.60. The van der Waals surface area contributed by atoms with Crippen molar-refractivity contribution in [1.29, 1.82) is 0 Å². The van der Waals surface area contributed by atoms with Crippen molar-refractivity contribution in [2.24, 2.45) is 0 Å². The molecule has 0 radical (unpaired) electrons. The third kappa shape index (κ3) is 4.59. The van der Waals surface area contributed by atoms with Crippen LogP contribution in [0.2, 0.25) is 0 Å². The maximum atomic E-state index is 5.27. The Hall–Kier alpha value is -3.26. The number of thiazole rings is 1. The normalized spacial score (nSPS) is 14.5. The van der Waals surface area contributed by atoms with Crippen LogP contribution in [-0.2, 0) is 0 Å². The van der Waals surface area contributed by atoms with Crippen LogP contribution in [0, 0.1) is 0 Å². The molecular weight excluding hydrogens is 408 g/mol. The molecule has 4 aromatic heterocycles. The Labute approximate surface area is 185 Å². The Morgan fingerprint density at radius 3 is 2.71 bits per heavy atom. The molecular formula is C23H24N6OS. The summed E-state index contributed by atoms with van der Waals surface area (Å²) in [6, 6.07) is 12.4. The largest absolute Gasteiger partial charge is 0.495 e. The summed E-state index contributed by atoms with van der Waals surface area (Å²) in [6.07, 6.45) is 9.83. The van der Waals surface area contributed by atoms with Crippen molar-refractivity contribution in [3.05, 3.63) is 48.8 Å². The molecule has 4 aromatic rings. The van der Waals surface area contributed by atoms with E-state index in [2.05, 4.69) is 20.6 Å². The minimum atomic E-state index is 0.521. The Morgan fingerprint density at radius 2 is 1.84 bits per heavy atom. The van der Waals surface area contributed by atoms with Gasteiger partial charge in [-0.3, -0.25) is 4.98 Å². The molecule has 0 saturated heterocycles. The van der Waals surface area contributed by atoms with Gasteiger partial charge in [-0.2, -0.15) is 0 Å². The summed E-state index contributed by atoms with van der Waals surface area (Å²) < 4.78 is 5.27. The first-order valence-corrected chi connectivity index (χ1v) is 11.4. The molecule has 0 spiro atoms. The van der Waals surface area contributed by atoms with Crippen molar-refractivity contribution in [3.8, 4) is 17.0 Å². The predicted molar refractivity (Wildman–Crippen MR) is 125 cm³/mol. The van der Waals surface area contributed by atoms with Crippen LogP contribution < -0.4 is 15.4 Å². The molecule has 158 valence electrons. The number of ether oxygens (including phenoxy) is 1. The molecule has 0 bridgehead atoms. The van der Waals surface area contributed by atoms with Crippen molar-refractivity contribution in [3.63, 3.8) is 0 Å². The topological polar surface area (TPSA) is 84.9 Å². The van der Waals surface area contributed by atoms with Gasteiger partial charge in [-0.1, -0.05) is 36.7 Å². The van der Waals surface area contributed by atoms with E-state index in [4.69, 9.17) is 14.7 Å². The van der Waals surface area contributed by atoms with Crippen LogP contribution in [0.4, 0.5) is 16.8 Å². The van der Waals surface area contributed by atoms with E-state index in [9.17, 15) is 0 Å². The lowest BCUT2D eigenvalue weighted by molar-refractivity contribution is 0.413. The van der Waals surface area contributed by atoms with Crippen LogP contribution in [-0.4, -0.2) is 33.1 Å². The first-order valence-electron chi connectivity index (χ1n) is 10.5. The first-order chi connectivity index (χ1) is 15.3. The number of nitrogens with zero attached hydrogens (tertiary/aromatic N) is 4. The van der Waals surface area contributed by atoms with Crippen LogP contribution in [0.1, 0.15) is 32.1 Å². The van der Waals surface area contributed by atoms with Crippen LogP contribution in [0.5, 0.6) is 5.75 Å². The van der Waals surface area contributed by atoms with E-state index in [1.807, 2.05) is 36.4 Å². The van der Waals surface area contributed by atoms with E-state index < -0.39 is 0 Å². The molecule has 8 heteroatoms. The molecule has 0 aromatic carbocycles. The van der Waals surface area contributed by atoms with E-state index in [0.717, 1.165) is 38.4 Å². The summed E-state index contributed by atoms with van der Waals surface area (Å²) in [5.74, 6) is 2.39. The lowest BCUT2D eigenvalue weighted by Crippen LogP contribution is -2.22. The van der Waals surface area contributed by atoms with Crippen LogP contribution in [0.25, 0.3) is 21.6 Å². The number of rotatable bonds is 6. The first kappa shape index (κ1) is 19.7. The summed E-state index contributed by atoms with van der Waals surface area (Å²) in [4.78, 5) is 19.2. The highest BCUT2D eigenvalue weighted by Crippen LogP contribution is 2.30. The fraction of sp³-hybridized carbons (Fsp3) is 0.304. The van der Waals surface area contributed by atoms with Crippen molar-refractivity contribution < 1.29 is 4.74 Å². The molecule has 2 N–H and O–H groups in total. The Bertz CT molecular complexity index is 1190. The van der Waals surface area contributed by atoms with Gasteiger partial charge in [-0.05, 0) is 43.2 Å². The van der Waals surface area contributed by atoms with Gasteiger partial charge in [-0.15, -0.1) is 0 Å². The van der Waals surface area contributed by atoms with Gasteiger partial charge in [0.2, 0.25) is 0 Å². The molecule has 0 aliphatic heterocycles. The third-order valence-corrected chi connectivity index (χ3v) is 6.32. The van der Waals surface area contributed by atoms with E-state index in [1.165, 1.54) is 43.4 Å². The van der Waals surface area contributed by atoms with Crippen molar-refractivity contribution >= 4 is 38.5 Å². The van der Waals surface area contributed by atoms with E-state index >= 15 is 0 Å². The Morgan fingerprint density at radius 1 is 0.968 bits per heavy atom. The maximum Gasteiger partial charge on any atom is 0.190 e. The zero-order valence-electron chi connectivity index (χ0n) is 17.3. The lowest BCUT2D eigenvalue weighted by atomic mass is 9.95. The number of hydrogen-bond acceptors (Lipinski definition) is 8. The number of anilines is 3. The van der Waals surface area contributed by atoms with Gasteiger partial charge in [0.05, 0.1) is 19.0 Å². The average molecular weight is 433 g/mol. The predicted octanol–water partition coefficient (Wildman–Crippen LogP) is 5.65. The number of pyridine rings is 3. The van der Waals surface area contributed by atoms with E-state index in [1.54, 1.807) is 19.5 Å². The summed E-state index contributed by atoms with van der Waals surface area (Å²) in [7, 11) is 1.63. The molecule has 7 nitrogen and oxygen atoms in total. The average Bonchev–Trinajstić information content (AvgIpc) is 3.21. The highest BCUT2D eigenvalue weighted by molar-refractivity contribution is 7.21. The summed E-state index contributed by atoms with van der Waals surface area (Å²) in [5, 5.41) is 7.67. The molecule has 0 atom stereocenters. The van der Waals surface area contributed by atoms with Crippen LogP contribution in [0.3, 0.4) is 0 Å². The van der Waals surface area contributed by atoms with E-state index in [0.29, 0.717) is 11.8 Å². The van der Waals surface area contributed by atoms with Gasteiger partial charge in [0.1, 0.15) is 27.7 Å². The number of methoxy groups -OCH3 is 1. The molecule has 0 unspecified atom stereocenters. The highest BCUT2D eigenvalue weighted by Gasteiger charge is 2.14. The fourth-order valence-electron chi connectivity index (χ4n) is 3.85. The molecule has 1 fully saturated rings. The summed E-state index contributed by atoms with van der Waals surface area (Å²) >= 11 is 1.51. The number of nitrogens with one attached hydrogen (secondary N) is 2. The van der Waals surface area contributed by atoms with Crippen molar-refractivity contribution in [2.45, 2.75) is 38.1 Å². The Balaban J connectivity index is 1.34. The maximum absolute atomic E-state index is 5.27. The smallest absolute Gasteiger partial charge is 0.190 e. The molecule has 31 heavy (non-hydrogen) atoms. The number of hydrogen-bond donors (Lipinski definition) is 2. The molecule has 1 aliphatic carbocycles. The summed E-state index contributed by atoms with van der Waals surface area (Å²) in [6.45, 7) is 0. The van der Waals surface area contributed by atoms with Gasteiger partial charge in [0.25, 0.3) is 0 Å². The zero-order valence-corrected chi connectivity index (χ0v) is 18.2. The minimum absolute atomic E-state index is 0.521. The second-order valence-corrected chi connectivity index (χ2v) is 8.64. The molecule has 4 heterocycles. The van der Waals surface area contributed by atoms with Gasteiger partial charge in [-0.25, -0.2) is 15.0 Å². The second kappa shape index (κ2) is 8.85. The third-order valence-electron chi connectivity index (χ3n) is 5.44. The molecule has 1 saturated carbocycles. The van der Waals surface area contributed by atoms with Crippen LogP contribution >= 0.6 is 11.3 Å². The number of fused-ring (bicyclic) bond motifs is 1. The fourth-order valence-corrected chi connectivity index (χ4v) is 4.70. The zero-order chi connectivity index (χ0) is 21.0. The van der Waals surface area contributed by atoms with Gasteiger partial charge in [0, 0.05) is 17.8 Å². The highest BCUT2D eigenvalue weighted by atomic mass is 32.1. The van der Waals surface area contributed by atoms with Gasteiger partial charge < -0.3 is 15.4 Å². The Kier molecular flexibility index (Phi) is 5.62. The monoisotopic (exact) mass is 432 g/mol. The van der Waals surface area contributed by atoms with E-state index in [-0.39, 0.29) is 0 Å². The second-order valence-electron chi connectivity index (χ2n) is 7.67. The van der Waals surface area contributed by atoms with Gasteiger partial charge in [0.15, 0.2) is 5.13 Å². The molecule has 1 aliphatic rings. The number of aromatic nitrogens is 4. The quantitative estimate of drug-likeness (QED) is 0.407. The molecule has 5 rings (SSSR count). The van der Waals surface area contributed by atoms with Crippen molar-refractivity contribution in [1.82, 2.24) is 19.9 Å². The van der Waals surface area contributed by atoms with Gasteiger partial charge >= 0.3 is 0 Å². The SMILES string of the molecule is COc1cncc(-c2ccc3nc(Nc4cccc(NC5CCCCC5)n4)sc3n2)c1.